The van der Waals surface area contributed by atoms with Gasteiger partial charge in [-0.25, -0.2) is 4.68 Å². The van der Waals surface area contributed by atoms with Crippen molar-refractivity contribution in [3.05, 3.63) is 142 Å². The minimum absolute atomic E-state index is 0.0373. The van der Waals surface area contributed by atoms with Crippen molar-refractivity contribution < 1.29 is 0 Å². The highest BCUT2D eigenvalue weighted by molar-refractivity contribution is 5.84. The quantitative estimate of drug-likeness (QED) is 0.263. The van der Waals surface area contributed by atoms with E-state index in [1.807, 2.05) is 36.4 Å². The fraction of sp³-hybridized carbons (Fsp3) is 0.235. The van der Waals surface area contributed by atoms with Crippen LogP contribution in [0.2, 0.25) is 0 Å². The van der Waals surface area contributed by atoms with Gasteiger partial charge >= 0.3 is 0 Å². The summed E-state index contributed by atoms with van der Waals surface area (Å²) in [6, 6.07) is 37.9. The molecule has 1 fully saturated rings. The summed E-state index contributed by atoms with van der Waals surface area (Å²) in [5.41, 5.74) is 4.91. The van der Waals surface area contributed by atoms with Crippen LogP contribution in [0, 0.1) is 0 Å². The van der Waals surface area contributed by atoms with Crippen molar-refractivity contribution in [1.82, 2.24) is 14.7 Å². The van der Waals surface area contributed by atoms with E-state index in [1.165, 1.54) is 11.1 Å². The van der Waals surface area contributed by atoms with Gasteiger partial charge in [0.2, 0.25) is 0 Å². The third-order valence-corrected chi connectivity index (χ3v) is 7.89. The topological polar surface area (TPSA) is 41.4 Å². The van der Waals surface area contributed by atoms with Crippen molar-refractivity contribution in [2.45, 2.75) is 18.9 Å². The van der Waals surface area contributed by atoms with E-state index < -0.39 is 0 Å². The van der Waals surface area contributed by atoms with Crippen LogP contribution in [-0.4, -0.2) is 47.4 Å². The zero-order valence-corrected chi connectivity index (χ0v) is 22.2. The molecule has 1 saturated heterocycles. The zero-order valence-electron chi connectivity index (χ0n) is 22.2. The normalized spacial score (nSPS) is 14.2. The second-order valence-corrected chi connectivity index (χ2v) is 10.4. The van der Waals surface area contributed by atoms with Crippen molar-refractivity contribution in [3.63, 3.8) is 0 Å². The molecule has 0 saturated carbocycles. The molecule has 0 amide bonds. The second kappa shape index (κ2) is 11.7. The Balaban J connectivity index is 1.12. The van der Waals surface area contributed by atoms with Gasteiger partial charge in [0.15, 0.2) is 0 Å². The summed E-state index contributed by atoms with van der Waals surface area (Å²) in [4.78, 5) is 18.3. The number of aromatic nitrogens is 2. The first kappa shape index (κ1) is 25.1. The molecule has 2 heterocycles. The van der Waals surface area contributed by atoms with Gasteiger partial charge in [-0.15, -0.1) is 0 Å². The minimum atomic E-state index is -0.0373. The van der Waals surface area contributed by atoms with E-state index in [2.05, 4.69) is 87.7 Å². The molecule has 0 N–H and O–H groups in total. The Kier molecular flexibility index (Phi) is 7.50. The first-order valence-corrected chi connectivity index (χ1v) is 13.9. The molecule has 1 aliphatic heterocycles. The average Bonchev–Trinajstić information content (AvgIpc) is 3.01. The van der Waals surface area contributed by atoms with Gasteiger partial charge in [-0.05, 0) is 41.8 Å². The lowest BCUT2D eigenvalue weighted by atomic mass is 9.88. The van der Waals surface area contributed by atoms with Crippen LogP contribution >= 0.6 is 0 Å². The van der Waals surface area contributed by atoms with Crippen molar-refractivity contribution in [1.29, 1.82) is 0 Å². The molecule has 1 aromatic heterocycles. The monoisotopic (exact) mass is 514 g/mol. The minimum Gasteiger partial charge on any atom is -0.369 e. The molecule has 196 valence electrons. The molecule has 0 radical (unpaired) electrons. The number of piperazine rings is 1. The molecule has 5 aromatic rings. The summed E-state index contributed by atoms with van der Waals surface area (Å²) >= 11 is 0. The third-order valence-electron chi connectivity index (χ3n) is 7.89. The summed E-state index contributed by atoms with van der Waals surface area (Å²) < 4.78 is 1.56. The van der Waals surface area contributed by atoms with Crippen molar-refractivity contribution >= 4 is 16.5 Å². The number of hydrogen-bond acceptors (Lipinski definition) is 4. The van der Waals surface area contributed by atoms with Crippen molar-refractivity contribution in [2.75, 3.05) is 37.6 Å². The van der Waals surface area contributed by atoms with E-state index in [0.717, 1.165) is 61.2 Å². The van der Waals surface area contributed by atoms with Crippen LogP contribution in [0.4, 0.5) is 5.69 Å². The Morgan fingerprint density at radius 1 is 0.718 bits per heavy atom. The highest BCUT2D eigenvalue weighted by Crippen LogP contribution is 2.28. The van der Waals surface area contributed by atoms with Crippen molar-refractivity contribution in [2.24, 2.45) is 0 Å². The molecular formula is C34H34N4O. The van der Waals surface area contributed by atoms with E-state index in [-0.39, 0.29) is 5.56 Å². The standard InChI is InChI=1S/C34H34N4O/c39-34-33-24-31(17-16-30(33)25-35-38(34)26-27-10-4-1-5-11-27)37-22-20-36(21-23-37)19-18-32(28-12-6-2-7-13-28)29-14-8-3-9-15-29/h1-17,24-25,32H,18-23,26H2. The molecule has 6 rings (SSSR count). The predicted molar refractivity (Wildman–Crippen MR) is 160 cm³/mol. The van der Waals surface area contributed by atoms with Gasteiger partial charge in [-0.2, -0.15) is 5.10 Å². The number of fused-ring (bicyclic) bond motifs is 1. The van der Waals surface area contributed by atoms with Crippen LogP contribution in [0.1, 0.15) is 29.0 Å². The fourth-order valence-corrected chi connectivity index (χ4v) is 5.67. The largest absolute Gasteiger partial charge is 0.369 e. The molecule has 0 unspecified atom stereocenters. The summed E-state index contributed by atoms with van der Waals surface area (Å²) in [5.74, 6) is 0.401. The summed E-state index contributed by atoms with van der Waals surface area (Å²) in [6.45, 7) is 5.49. The van der Waals surface area contributed by atoms with Crippen molar-refractivity contribution in [3.8, 4) is 0 Å². The zero-order chi connectivity index (χ0) is 26.4. The summed E-state index contributed by atoms with van der Waals surface area (Å²) in [7, 11) is 0. The Hall–Kier alpha value is -4.22. The maximum absolute atomic E-state index is 13.3. The van der Waals surface area contributed by atoms with Gasteiger partial charge in [0.05, 0.1) is 18.1 Å². The smallest absolute Gasteiger partial charge is 0.275 e. The first-order chi connectivity index (χ1) is 19.2. The number of benzene rings is 4. The molecule has 1 aliphatic rings. The van der Waals surface area contributed by atoms with Gasteiger partial charge in [-0.1, -0.05) is 97.1 Å². The SMILES string of the molecule is O=c1c2cc(N3CCN(CCC(c4ccccc4)c4ccccc4)CC3)ccc2cnn1Cc1ccccc1. The molecule has 39 heavy (non-hydrogen) atoms. The van der Waals surface area contributed by atoms with E-state index in [4.69, 9.17) is 0 Å². The van der Waals surface area contributed by atoms with E-state index in [9.17, 15) is 4.79 Å². The number of rotatable bonds is 8. The Morgan fingerprint density at radius 3 is 1.97 bits per heavy atom. The molecule has 0 bridgehead atoms. The van der Waals surface area contributed by atoms with Crippen LogP contribution in [0.5, 0.6) is 0 Å². The first-order valence-electron chi connectivity index (χ1n) is 13.9. The predicted octanol–water partition coefficient (Wildman–Crippen LogP) is 5.79. The van der Waals surface area contributed by atoms with Crippen LogP contribution in [0.25, 0.3) is 10.8 Å². The molecule has 0 aliphatic carbocycles. The maximum Gasteiger partial charge on any atom is 0.275 e. The molecule has 5 heteroatoms. The number of nitrogens with zero attached hydrogens (tertiary/aromatic N) is 4. The lowest BCUT2D eigenvalue weighted by Crippen LogP contribution is -2.46. The molecule has 0 spiro atoms. The second-order valence-electron chi connectivity index (χ2n) is 10.4. The maximum atomic E-state index is 13.3. The molecule has 5 nitrogen and oxygen atoms in total. The Bertz CT molecular complexity index is 1520. The van der Waals surface area contributed by atoms with E-state index >= 15 is 0 Å². The molecular weight excluding hydrogens is 480 g/mol. The van der Waals surface area contributed by atoms with Gasteiger partial charge < -0.3 is 4.90 Å². The summed E-state index contributed by atoms with van der Waals surface area (Å²) in [6.07, 6.45) is 2.90. The third kappa shape index (κ3) is 5.79. The van der Waals surface area contributed by atoms with Gasteiger partial charge in [0.25, 0.3) is 5.56 Å². The lowest BCUT2D eigenvalue weighted by Gasteiger charge is -2.36. The Morgan fingerprint density at radius 2 is 1.33 bits per heavy atom. The lowest BCUT2D eigenvalue weighted by molar-refractivity contribution is 0.251. The fourth-order valence-electron chi connectivity index (χ4n) is 5.67. The highest BCUT2D eigenvalue weighted by Gasteiger charge is 2.21. The number of hydrogen-bond donors (Lipinski definition) is 0. The molecule has 0 atom stereocenters. The molecule has 4 aromatic carbocycles. The highest BCUT2D eigenvalue weighted by atomic mass is 16.1. The van der Waals surface area contributed by atoms with Crippen LogP contribution < -0.4 is 10.5 Å². The van der Waals surface area contributed by atoms with Gasteiger partial charge in [0, 0.05) is 43.2 Å². The van der Waals surface area contributed by atoms with Crippen LogP contribution in [0.3, 0.4) is 0 Å². The van der Waals surface area contributed by atoms with Crippen LogP contribution in [0.15, 0.2) is 120 Å². The number of anilines is 1. The van der Waals surface area contributed by atoms with Gasteiger partial charge in [0.1, 0.15) is 0 Å². The van der Waals surface area contributed by atoms with E-state index in [1.54, 1.807) is 10.9 Å². The van der Waals surface area contributed by atoms with E-state index in [0.29, 0.717) is 12.5 Å². The van der Waals surface area contributed by atoms with Crippen LogP contribution in [-0.2, 0) is 6.54 Å². The van der Waals surface area contributed by atoms with Gasteiger partial charge in [-0.3, -0.25) is 9.69 Å². The Labute approximate surface area is 229 Å². The average molecular weight is 515 g/mol. The summed E-state index contributed by atoms with van der Waals surface area (Å²) in [5, 5.41) is 6.04.